The van der Waals surface area contributed by atoms with E-state index in [-0.39, 0.29) is 18.4 Å². The molecule has 0 bridgehead atoms. The van der Waals surface area contributed by atoms with Gasteiger partial charge in [0.2, 0.25) is 5.91 Å². The summed E-state index contributed by atoms with van der Waals surface area (Å²) in [6.45, 7) is 0.780. The fourth-order valence-electron chi connectivity index (χ4n) is 2.39. The zero-order valence-corrected chi connectivity index (χ0v) is 9.87. The van der Waals surface area contributed by atoms with E-state index in [1.54, 1.807) is 18.5 Å². The monoisotopic (exact) mass is 246 g/mol. The topological polar surface area (TPSA) is 75.0 Å². The number of amides is 1. The minimum atomic E-state index is 0.0689. The zero-order valence-electron chi connectivity index (χ0n) is 9.87. The zero-order chi connectivity index (χ0) is 12.4. The van der Waals surface area contributed by atoms with Crippen molar-refractivity contribution in [3.8, 4) is 0 Å². The van der Waals surface area contributed by atoms with Crippen LogP contribution in [0.2, 0.25) is 0 Å². The average Bonchev–Trinajstić information content (AvgIpc) is 3.11. The van der Waals surface area contributed by atoms with E-state index in [9.17, 15) is 4.79 Å². The molecule has 1 aliphatic heterocycles. The van der Waals surface area contributed by atoms with E-state index in [1.165, 1.54) is 6.26 Å². The average molecular weight is 246 g/mol. The summed E-state index contributed by atoms with van der Waals surface area (Å²) in [5.74, 6) is 0.934. The molecule has 0 aliphatic carbocycles. The first kappa shape index (κ1) is 11.0. The van der Waals surface area contributed by atoms with Gasteiger partial charge >= 0.3 is 0 Å². The summed E-state index contributed by atoms with van der Waals surface area (Å²) in [7, 11) is 0. The maximum atomic E-state index is 12.2. The van der Waals surface area contributed by atoms with E-state index in [1.807, 2.05) is 4.90 Å². The molecule has 1 N–H and O–H groups in total. The van der Waals surface area contributed by atoms with Gasteiger partial charge in [-0.05, 0) is 12.8 Å². The minimum absolute atomic E-state index is 0.0689. The molecule has 1 fully saturated rings. The summed E-state index contributed by atoms with van der Waals surface area (Å²) in [5, 5.41) is 3.77. The van der Waals surface area contributed by atoms with Gasteiger partial charge in [-0.25, -0.2) is 4.98 Å². The summed E-state index contributed by atoms with van der Waals surface area (Å²) in [6.07, 6.45) is 7.24. The summed E-state index contributed by atoms with van der Waals surface area (Å²) >= 11 is 0. The number of aromatic nitrogens is 3. The maximum Gasteiger partial charge on any atom is 0.229 e. The molecule has 0 spiro atoms. The van der Waals surface area contributed by atoms with Gasteiger partial charge in [0.15, 0.2) is 0 Å². The number of imidazole rings is 1. The number of hydrogen-bond acceptors (Lipinski definition) is 4. The van der Waals surface area contributed by atoms with Crippen molar-refractivity contribution >= 4 is 5.91 Å². The summed E-state index contributed by atoms with van der Waals surface area (Å²) < 4.78 is 4.74. The van der Waals surface area contributed by atoms with Crippen LogP contribution in [-0.2, 0) is 11.2 Å². The van der Waals surface area contributed by atoms with Crippen LogP contribution in [-0.4, -0.2) is 32.5 Å². The SMILES string of the molecule is O=C(Cc1ccon1)N1CCCC1c1ncc[nH]1. The predicted molar refractivity (Wildman–Crippen MR) is 62.5 cm³/mol. The second kappa shape index (κ2) is 4.64. The Bertz CT molecular complexity index is 506. The summed E-state index contributed by atoms with van der Waals surface area (Å²) in [6, 6.07) is 1.79. The Hall–Kier alpha value is -2.11. The number of likely N-dealkylation sites (tertiary alicyclic amines) is 1. The molecule has 2 aromatic heterocycles. The molecule has 1 amide bonds. The largest absolute Gasteiger partial charge is 0.364 e. The Morgan fingerprint density at radius 1 is 1.61 bits per heavy atom. The molecule has 0 saturated carbocycles. The van der Waals surface area contributed by atoms with E-state index < -0.39 is 0 Å². The Kier molecular flexibility index (Phi) is 2.84. The van der Waals surface area contributed by atoms with Crippen LogP contribution in [0, 0.1) is 0 Å². The lowest BCUT2D eigenvalue weighted by atomic mass is 10.2. The van der Waals surface area contributed by atoms with E-state index in [0.717, 1.165) is 25.2 Å². The van der Waals surface area contributed by atoms with E-state index in [2.05, 4.69) is 15.1 Å². The fourth-order valence-corrected chi connectivity index (χ4v) is 2.39. The van der Waals surface area contributed by atoms with Gasteiger partial charge in [-0.1, -0.05) is 5.16 Å². The standard InChI is InChI=1S/C12H14N4O2/c17-11(8-9-3-7-18-15-9)16-6-1-2-10(16)12-13-4-5-14-12/h3-5,7,10H,1-2,6,8H2,(H,13,14). The molecule has 3 heterocycles. The molecule has 0 radical (unpaired) electrons. The van der Waals surface area contributed by atoms with Gasteiger partial charge in [-0.15, -0.1) is 0 Å². The van der Waals surface area contributed by atoms with Crippen molar-refractivity contribution in [1.29, 1.82) is 0 Å². The molecule has 6 nitrogen and oxygen atoms in total. The Morgan fingerprint density at radius 2 is 2.56 bits per heavy atom. The second-order valence-corrected chi connectivity index (χ2v) is 4.39. The number of H-pyrrole nitrogens is 1. The highest BCUT2D eigenvalue weighted by atomic mass is 16.5. The normalized spacial score (nSPS) is 19.3. The lowest BCUT2D eigenvalue weighted by Crippen LogP contribution is -2.32. The molecule has 1 atom stereocenters. The van der Waals surface area contributed by atoms with Gasteiger partial charge in [0.1, 0.15) is 12.1 Å². The number of hydrogen-bond donors (Lipinski definition) is 1. The van der Waals surface area contributed by atoms with E-state index in [0.29, 0.717) is 5.69 Å². The smallest absolute Gasteiger partial charge is 0.229 e. The van der Waals surface area contributed by atoms with Gasteiger partial charge in [-0.2, -0.15) is 0 Å². The van der Waals surface area contributed by atoms with Crippen molar-refractivity contribution in [1.82, 2.24) is 20.0 Å². The first-order valence-corrected chi connectivity index (χ1v) is 6.02. The third kappa shape index (κ3) is 2.01. The van der Waals surface area contributed by atoms with E-state index in [4.69, 9.17) is 4.52 Å². The van der Waals surface area contributed by atoms with Crippen LogP contribution in [0.25, 0.3) is 0 Å². The maximum absolute atomic E-state index is 12.2. The van der Waals surface area contributed by atoms with Gasteiger partial charge in [0.05, 0.1) is 18.2 Å². The number of nitrogens with one attached hydrogen (secondary N) is 1. The molecule has 1 aliphatic rings. The number of carbonyl (C=O) groups excluding carboxylic acids is 1. The Balaban J connectivity index is 1.73. The van der Waals surface area contributed by atoms with Crippen LogP contribution in [0.5, 0.6) is 0 Å². The molecule has 94 valence electrons. The van der Waals surface area contributed by atoms with Crippen molar-refractivity contribution in [2.24, 2.45) is 0 Å². The van der Waals surface area contributed by atoms with Crippen molar-refractivity contribution in [2.75, 3.05) is 6.54 Å². The predicted octanol–water partition coefficient (Wildman–Crippen LogP) is 1.30. The number of carbonyl (C=O) groups is 1. The highest BCUT2D eigenvalue weighted by Crippen LogP contribution is 2.30. The highest BCUT2D eigenvalue weighted by Gasteiger charge is 2.31. The van der Waals surface area contributed by atoms with Gasteiger partial charge in [0, 0.05) is 25.0 Å². The van der Waals surface area contributed by atoms with Gasteiger partial charge < -0.3 is 14.4 Å². The molecule has 1 unspecified atom stereocenters. The molecule has 3 rings (SSSR count). The molecular formula is C12H14N4O2. The second-order valence-electron chi connectivity index (χ2n) is 4.39. The summed E-state index contributed by atoms with van der Waals surface area (Å²) in [5.41, 5.74) is 0.671. The first-order chi connectivity index (χ1) is 8.84. The van der Waals surface area contributed by atoms with Crippen molar-refractivity contribution in [3.05, 3.63) is 36.2 Å². The van der Waals surface area contributed by atoms with Crippen LogP contribution in [0.3, 0.4) is 0 Å². The van der Waals surface area contributed by atoms with Crippen LogP contribution in [0.15, 0.2) is 29.2 Å². The lowest BCUT2D eigenvalue weighted by molar-refractivity contribution is -0.131. The third-order valence-electron chi connectivity index (χ3n) is 3.23. The number of aromatic amines is 1. The fraction of sp³-hybridized carbons (Fsp3) is 0.417. The third-order valence-corrected chi connectivity index (χ3v) is 3.23. The Labute approximate surface area is 104 Å². The minimum Gasteiger partial charge on any atom is -0.364 e. The van der Waals surface area contributed by atoms with E-state index >= 15 is 0 Å². The lowest BCUT2D eigenvalue weighted by Gasteiger charge is -2.22. The van der Waals surface area contributed by atoms with Crippen LogP contribution < -0.4 is 0 Å². The molecule has 6 heteroatoms. The van der Waals surface area contributed by atoms with Crippen LogP contribution in [0.4, 0.5) is 0 Å². The van der Waals surface area contributed by atoms with Crippen molar-refractivity contribution in [3.63, 3.8) is 0 Å². The number of nitrogens with zero attached hydrogens (tertiary/aromatic N) is 3. The molecule has 18 heavy (non-hydrogen) atoms. The van der Waals surface area contributed by atoms with Gasteiger partial charge in [-0.3, -0.25) is 4.79 Å². The number of rotatable bonds is 3. The molecule has 1 saturated heterocycles. The van der Waals surface area contributed by atoms with Crippen LogP contribution in [0.1, 0.15) is 30.4 Å². The highest BCUT2D eigenvalue weighted by molar-refractivity contribution is 5.79. The first-order valence-electron chi connectivity index (χ1n) is 6.02. The molecular weight excluding hydrogens is 232 g/mol. The van der Waals surface area contributed by atoms with Gasteiger partial charge in [0.25, 0.3) is 0 Å². The van der Waals surface area contributed by atoms with Crippen molar-refractivity contribution in [2.45, 2.75) is 25.3 Å². The molecule has 0 aromatic carbocycles. The van der Waals surface area contributed by atoms with Crippen LogP contribution >= 0.6 is 0 Å². The Morgan fingerprint density at radius 3 is 3.28 bits per heavy atom. The quantitative estimate of drug-likeness (QED) is 0.885. The summed E-state index contributed by atoms with van der Waals surface area (Å²) in [4.78, 5) is 21.4. The molecule has 2 aromatic rings. The van der Waals surface area contributed by atoms with Crippen molar-refractivity contribution < 1.29 is 9.32 Å².